The Bertz CT molecular complexity index is 119. The lowest BCUT2D eigenvalue weighted by Crippen LogP contribution is -2.18. The van der Waals surface area contributed by atoms with Gasteiger partial charge in [0, 0.05) is 12.8 Å². The van der Waals surface area contributed by atoms with Gasteiger partial charge in [-0.1, -0.05) is 20.8 Å². The first kappa shape index (κ1) is 10.6. The molecule has 0 aromatic carbocycles. The minimum Gasteiger partial charge on any atom is -0.392 e. The van der Waals surface area contributed by atoms with Crippen molar-refractivity contribution in [2.45, 2.75) is 46.1 Å². The van der Waals surface area contributed by atoms with Crippen molar-refractivity contribution in [1.82, 2.24) is 0 Å². The van der Waals surface area contributed by atoms with E-state index in [0.29, 0.717) is 12.8 Å². The Morgan fingerprint density at radius 3 is 2.36 bits per heavy atom. The SMILES string of the molecule is CCCC(=O)C[C@@H](O)C(C)C. The van der Waals surface area contributed by atoms with Crippen molar-refractivity contribution < 1.29 is 9.90 Å². The van der Waals surface area contributed by atoms with Crippen LogP contribution in [0.1, 0.15) is 40.0 Å². The Balaban J connectivity index is 3.57. The molecule has 0 spiro atoms. The summed E-state index contributed by atoms with van der Waals surface area (Å²) in [5.41, 5.74) is 0. The van der Waals surface area contributed by atoms with Gasteiger partial charge in [0.25, 0.3) is 0 Å². The molecule has 0 saturated heterocycles. The second-order valence-corrected chi connectivity index (χ2v) is 3.30. The van der Waals surface area contributed by atoms with Crippen molar-refractivity contribution in [3.63, 3.8) is 0 Å². The van der Waals surface area contributed by atoms with Crippen molar-refractivity contribution >= 4 is 5.78 Å². The number of aliphatic hydroxyl groups is 1. The van der Waals surface area contributed by atoms with Crippen LogP contribution in [0, 0.1) is 5.92 Å². The second kappa shape index (κ2) is 5.30. The first-order chi connectivity index (χ1) is 5.07. The zero-order chi connectivity index (χ0) is 8.85. The number of carbonyl (C=O) groups excluding carboxylic acids is 1. The van der Waals surface area contributed by atoms with E-state index in [0.717, 1.165) is 6.42 Å². The molecule has 0 radical (unpaired) electrons. The van der Waals surface area contributed by atoms with E-state index in [4.69, 9.17) is 0 Å². The standard InChI is InChI=1S/C9H18O2/c1-4-5-8(10)6-9(11)7(2)3/h7,9,11H,4-6H2,1-3H3/t9-/m1/s1. The summed E-state index contributed by atoms with van der Waals surface area (Å²) in [6.45, 7) is 5.81. The Labute approximate surface area is 68.6 Å². The van der Waals surface area contributed by atoms with Crippen LogP contribution < -0.4 is 0 Å². The molecule has 1 atom stereocenters. The highest BCUT2D eigenvalue weighted by molar-refractivity contribution is 5.78. The molecule has 2 nitrogen and oxygen atoms in total. The third kappa shape index (κ3) is 4.96. The van der Waals surface area contributed by atoms with Crippen LogP contribution >= 0.6 is 0 Å². The van der Waals surface area contributed by atoms with Gasteiger partial charge in [0.2, 0.25) is 0 Å². The topological polar surface area (TPSA) is 37.3 Å². The van der Waals surface area contributed by atoms with Crippen LogP contribution in [0.4, 0.5) is 0 Å². The summed E-state index contributed by atoms with van der Waals surface area (Å²) in [4.78, 5) is 11.0. The number of Topliss-reactive ketones (excluding diaryl/α,β-unsaturated/α-hetero) is 1. The molecule has 0 saturated carbocycles. The van der Waals surface area contributed by atoms with Crippen LogP contribution in [0.5, 0.6) is 0 Å². The molecular formula is C9H18O2. The van der Waals surface area contributed by atoms with Gasteiger partial charge in [-0.15, -0.1) is 0 Å². The fourth-order valence-electron chi connectivity index (χ4n) is 0.850. The highest BCUT2D eigenvalue weighted by atomic mass is 16.3. The molecule has 0 unspecified atom stereocenters. The predicted octanol–water partition coefficient (Wildman–Crippen LogP) is 1.76. The molecule has 0 aliphatic rings. The van der Waals surface area contributed by atoms with E-state index in [2.05, 4.69) is 0 Å². The molecule has 0 fully saturated rings. The molecule has 66 valence electrons. The van der Waals surface area contributed by atoms with E-state index >= 15 is 0 Å². The third-order valence-corrected chi connectivity index (χ3v) is 1.74. The molecule has 2 heteroatoms. The highest BCUT2D eigenvalue weighted by Crippen LogP contribution is 2.07. The van der Waals surface area contributed by atoms with E-state index in [1.165, 1.54) is 0 Å². The summed E-state index contributed by atoms with van der Waals surface area (Å²) >= 11 is 0. The van der Waals surface area contributed by atoms with E-state index in [1.807, 2.05) is 20.8 Å². The Hall–Kier alpha value is -0.370. The largest absolute Gasteiger partial charge is 0.392 e. The van der Waals surface area contributed by atoms with Gasteiger partial charge in [-0.3, -0.25) is 4.79 Å². The van der Waals surface area contributed by atoms with Gasteiger partial charge in [0.15, 0.2) is 0 Å². The van der Waals surface area contributed by atoms with E-state index in [9.17, 15) is 9.90 Å². The molecule has 0 aliphatic heterocycles. The van der Waals surface area contributed by atoms with Gasteiger partial charge in [-0.05, 0) is 12.3 Å². The molecule has 0 aromatic rings. The number of ketones is 1. The molecule has 0 aromatic heterocycles. The van der Waals surface area contributed by atoms with Crippen LogP contribution in [-0.2, 0) is 4.79 Å². The average Bonchev–Trinajstić information content (AvgIpc) is 1.87. The van der Waals surface area contributed by atoms with Crippen LogP contribution in [-0.4, -0.2) is 17.0 Å². The smallest absolute Gasteiger partial charge is 0.135 e. The minimum atomic E-state index is -0.450. The number of carbonyl (C=O) groups is 1. The number of rotatable bonds is 5. The highest BCUT2D eigenvalue weighted by Gasteiger charge is 2.12. The van der Waals surface area contributed by atoms with Crippen LogP contribution in [0.15, 0.2) is 0 Å². The summed E-state index contributed by atoms with van der Waals surface area (Å²) in [6, 6.07) is 0. The number of hydrogen-bond acceptors (Lipinski definition) is 2. The van der Waals surface area contributed by atoms with Crippen molar-refractivity contribution in [3.05, 3.63) is 0 Å². The van der Waals surface area contributed by atoms with Crippen molar-refractivity contribution in [2.75, 3.05) is 0 Å². The molecule has 0 bridgehead atoms. The first-order valence-corrected chi connectivity index (χ1v) is 4.27. The van der Waals surface area contributed by atoms with E-state index < -0.39 is 6.10 Å². The summed E-state index contributed by atoms with van der Waals surface area (Å²) in [5.74, 6) is 0.365. The average molecular weight is 158 g/mol. The number of aliphatic hydroxyl groups excluding tert-OH is 1. The zero-order valence-corrected chi connectivity index (χ0v) is 7.63. The molecule has 0 amide bonds. The Morgan fingerprint density at radius 2 is 2.00 bits per heavy atom. The maximum atomic E-state index is 11.0. The van der Waals surface area contributed by atoms with Gasteiger partial charge in [0.1, 0.15) is 5.78 Å². The summed E-state index contributed by atoms with van der Waals surface area (Å²) in [5, 5.41) is 9.30. The Morgan fingerprint density at radius 1 is 1.45 bits per heavy atom. The normalized spacial score (nSPS) is 13.5. The molecule has 0 rings (SSSR count). The summed E-state index contributed by atoms with van der Waals surface area (Å²) in [6.07, 6.45) is 1.35. The minimum absolute atomic E-state index is 0.175. The molecular weight excluding hydrogens is 140 g/mol. The quantitative estimate of drug-likeness (QED) is 0.662. The third-order valence-electron chi connectivity index (χ3n) is 1.74. The first-order valence-electron chi connectivity index (χ1n) is 4.27. The zero-order valence-electron chi connectivity index (χ0n) is 7.63. The van der Waals surface area contributed by atoms with E-state index in [1.54, 1.807) is 0 Å². The van der Waals surface area contributed by atoms with Gasteiger partial charge in [0.05, 0.1) is 6.10 Å². The summed E-state index contributed by atoms with van der Waals surface area (Å²) in [7, 11) is 0. The van der Waals surface area contributed by atoms with Crippen molar-refractivity contribution in [3.8, 4) is 0 Å². The van der Waals surface area contributed by atoms with Crippen molar-refractivity contribution in [1.29, 1.82) is 0 Å². The lowest BCUT2D eigenvalue weighted by Gasteiger charge is -2.12. The van der Waals surface area contributed by atoms with Crippen LogP contribution in [0.2, 0.25) is 0 Å². The monoisotopic (exact) mass is 158 g/mol. The lowest BCUT2D eigenvalue weighted by molar-refractivity contribution is -0.121. The van der Waals surface area contributed by atoms with E-state index in [-0.39, 0.29) is 11.7 Å². The van der Waals surface area contributed by atoms with Gasteiger partial charge in [-0.25, -0.2) is 0 Å². The molecule has 11 heavy (non-hydrogen) atoms. The van der Waals surface area contributed by atoms with Crippen molar-refractivity contribution in [2.24, 2.45) is 5.92 Å². The van der Waals surface area contributed by atoms with Gasteiger partial charge in [-0.2, -0.15) is 0 Å². The number of hydrogen-bond donors (Lipinski definition) is 1. The maximum Gasteiger partial charge on any atom is 0.135 e. The maximum absolute atomic E-state index is 11.0. The molecule has 1 N–H and O–H groups in total. The molecule has 0 aliphatic carbocycles. The predicted molar refractivity (Wildman–Crippen MR) is 45.4 cm³/mol. The molecule has 0 heterocycles. The van der Waals surface area contributed by atoms with Crippen LogP contribution in [0.3, 0.4) is 0 Å². The second-order valence-electron chi connectivity index (χ2n) is 3.30. The Kier molecular flexibility index (Phi) is 5.12. The van der Waals surface area contributed by atoms with Gasteiger partial charge < -0.3 is 5.11 Å². The lowest BCUT2D eigenvalue weighted by atomic mass is 10.0. The van der Waals surface area contributed by atoms with Crippen LogP contribution in [0.25, 0.3) is 0 Å². The summed E-state index contributed by atoms with van der Waals surface area (Å²) < 4.78 is 0. The van der Waals surface area contributed by atoms with Gasteiger partial charge >= 0.3 is 0 Å². The fourth-order valence-corrected chi connectivity index (χ4v) is 0.850. The fraction of sp³-hybridized carbons (Fsp3) is 0.889.